The number of allylic oxidation sites excluding steroid dienone is 4. The molecular formula is C10H17N. The van der Waals surface area contributed by atoms with Gasteiger partial charge in [0.15, 0.2) is 0 Å². The van der Waals surface area contributed by atoms with Crippen LogP contribution < -0.4 is 0 Å². The van der Waals surface area contributed by atoms with Gasteiger partial charge in [0.2, 0.25) is 0 Å². The van der Waals surface area contributed by atoms with Crippen LogP contribution in [0.4, 0.5) is 0 Å². The Morgan fingerprint density at radius 2 is 1.91 bits per heavy atom. The van der Waals surface area contributed by atoms with Crippen molar-refractivity contribution in [2.24, 2.45) is 0 Å². The third kappa shape index (κ3) is 9.18. The molecule has 0 aromatic carbocycles. The number of rotatable bonds is 5. The fourth-order valence-electron chi connectivity index (χ4n) is 0.650. The van der Waals surface area contributed by atoms with Crippen LogP contribution in [0.2, 0.25) is 0 Å². The van der Waals surface area contributed by atoms with Crippen LogP contribution in [-0.2, 0) is 0 Å². The minimum atomic E-state index is 1.11. The maximum Gasteiger partial charge on any atom is 0.000991 e. The van der Waals surface area contributed by atoms with Crippen molar-refractivity contribution < 1.29 is 0 Å². The molecule has 0 saturated carbocycles. The Labute approximate surface area is 69.7 Å². The largest absolute Gasteiger partial charge is 0.309 e. The van der Waals surface area contributed by atoms with E-state index in [-0.39, 0.29) is 0 Å². The highest BCUT2D eigenvalue weighted by Gasteiger charge is 1.82. The van der Waals surface area contributed by atoms with E-state index in [0.29, 0.717) is 0 Å². The summed E-state index contributed by atoms with van der Waals surface area (Å²) in [6, 6.07) is 0. The molecule has 0 aliphatic rings. The molecule has 0 atom stereocenters. The van der Waals surface area contributed by atoms with E-state index < -0.39 is 0 Å². The normalized spacial score (nSPS) is 11.9. The van der Waals surface area contributed by atoms with Gasteiger partial charge < -0.3 is 4.90 Å². The van der Waals surface area contributed by atoms with E-state index >= 15 is 0 Å². The van der Waals surface area contributed by atoms with Gasteiger partial charge in [-0.2, -0.15) is 0 Å². The fourth-order valence-corrected chi connectivity index (χ4v) is 0.650. The molecular weight excluding hydrogens is 134 g/mol. The van der Waals surface area contributed by atoms with Crippen molar-refractivity contribution in [3.05, 3.63) is 37.0 Å². The molecule has 0 radical (unpaired) electrons. The van der Waals surface area contributed by atoms with Crippen molar-refractivity contribution in [3.63, 3.8) is 0 Å². The standard InChI is InChI=1S/C10H17N/c1-4-5-6-7-8-9-10-11(2)3/h4-8H,1,9-10H2,2-3H3/b6-5-,8-7-. The summed E-state index contributed by atoms with van der Waals surface area (Å²) in [5, 5.41) is 0. The van der Waals surface area contributed by atoms with Crippen molar-refractivity contribution in [1.82, 2.24) is 4.90 Å². The third-order valence-electron chi connectivity index (χ3n) is 1.24. The van der Waals surface area contributed by atoms with Crippen LogP contribution in [-0.4, -0.2) is 25.5 Å². The highest BCUT2D eigenvalue weighted by Crippen LogP contribution is 1.86. The Kier molecular flexibility index (Phi) is 6.75. The van der Waals surface area contributed by atoms with E-state index in [4.69, 9.17) is 0 Å². The maximum atomic E-state index is 3.58. The molecule has 0 rings (SSSR count). The predicted molar refractivity (Wildman–Crippen MR) is 51.6 cm³/mol. The van der Waals surface area contributed by atoms with Gasteiger partial charge in [0.05, 0.1) is 0 Å². The Hall–Kier alpha value is -0.820. The van der Waals surface area contributed by atoms with Crippen LogP contribution >= 0.6 is 0 Å². The van der Waals surface area contributed by atoms with Gasteiger partial charge in [0.1, 0.15) is 0 Å². The zero-order chi connectivity index (χ0) is 8.53. The van der Waals surface area contributed by atoms with E-state index in [2.05, 4.69) is 31.7 Å². The Bertz CT molecular complexity index is 143. The van der Waals surface area contributed by atoms with Gasteiger partial charge in [-0.15, -0.1) is 0 Å². The second-order valence-corrected chi connectivity index (χ2v) is 2.64. The Morgan fingerprint density at radius 3 is 2.45 bits per heavy atom. The molecule has 1 nitrogen and oxygen atoms in total. The van der Waals surface area contributed by atoms with E-state index in [9.17, 15) is 0 Å². The molecule has 62 valence electrons. The summed E-state index contributed by atoms with van der Waals surface area (Å²) < 4.78 is 0. The summed E-state index contributed by atoms with van der Waals surface area (Å²) in [5.74, 6) is 0. The Balaban J connectivity index is 3.30. The summed E-state index contributed by atoms with van der Waals surface area (Å²) >= 11 is 0. The smallest absolute Gasteiger partial charge is 0.000991 e. The first-order chi connectivity index (χ1) is 5.27. The summed E-state index contributed by atoms with van der Waals surface area (Å²) in [4.78, 5) is 2.17. The molecule has 1 heteroatoms. The van der Waals surface area contributed by atoms with Crippen LogP contribution in [0.3, 0.4) is 0 Å². The second-order valence-electron chi connectivity index (χ2n) is 2.64. The van der Waals surface area contributed by atoms with Crippen molar-refractivity contribution >= 4 is 0 Å². The lowest BCUT2D eigenvalue weighted by Gasteiger charge is -2.04. The lowest BCUT2D eigenvalue weighted by atomic mass is 10.3. The molecule has 0 aromatic rings. The zero-order valence-electron chi connectivity index (χ0n) is 7.46. The first-order valence-electron chi connectivity index (χ1n) is 3.86. The van der Waals surface area contributed by atoms with E-state index in [1.807, 2.05) is 18.2 Å². The molecule has 0 bridgehead atoms. The van der Waals surface area contributed by atoms with E-state index in [0.717, 1.165) is 13.0 Å². The zero-order valence-corrected chi connectivity index (χ0v) is 7.46. The Morgan fingerprint density at radius 1 is 1.18 bits per heavy atom. The van der Waals surface area contributed by atoms with Gasteiger partial charge in [-0.25, -0.2) is 0 Å². The van der Waals surface area contributed by atoms with Gasteiger partial charge in [0.25, 0.3) is 0 Å². The van der Waals surface area contributed by atoms with E-state index in [1.165, 1.54) is 0 Å². The number of hydrogen-bond donors (Lipinski definition) is 0. The highest BCUT2D eigenvalue weighted by molar-refractivity contribution is 5.08. The average Bonchev–Trinajstić information content (AvgIpc) is 1.96. The summed E-state index contributed by atoms with van der Waals surface area (Å²) in [5.41, 5.74) is 0. The minimum Gasteiger partial charge on any atom is -0.309 e. The molecule has 0 aromatic heterocycles. The quantitative estimate of drug-likeness (QED) is 0.545. The van der Waals surface area contributed by atoms with Crippen LogP contribution in [0, 0.1) is 0 Å². The van der Waals surface area contributed by atoms with Gasteiger partial charge in [-0.3, -0.25) is 0 Å². The molecule has 0 fully saturated rings. The summed E-state index contributed by atoms with van der Waals surface area (Å²) in [7, 11) is 4.15. The van der Waals surface area contributed by atoms with Crippen LogP contribution in [0.25, 0.3) is 0 Å². The molecule has 0 aliphatic heterocycles. The molecule has 0 aliphatic carbocycles. The SMILES string of the molecule is C=C/C=C\C=C/CCN(C)C. The fraction of sp³-hybridized carbons (Fsp3) is 0.400. The third-order valence-corrected chi connectivity index (χ3v) is 1.24. The molecule has 0 spiro atoms. The molecule has 0 saturated heterocycles. The van der Waals surface area contributed by atoms with Crippen molar-refractivity contribution in [2.75, 3.05) is 20.6 Å². The van der Waals surface area contributed by atoms with Gasteiger partial charge in [0, 0.05) is 6.54 Å². The van der Waals surface area contributed by atoms with Crippen molar-refractivity contribution in [2.45, 2.75) is 6.42 Å². The van der Waals surface area contributed by atoms with Gasteiger partial charge in [-0.05, 0) is 20.5 Å². The van der Waals surface area contributed by atoms with Crippen molar-refractivity contribution in [1.29, 1.82) is 0 Å². The highest BCUT2D eigenvalue weighted by atomic mass is 15.0. The first-order valence-corrected chi connectivity index (χ1v) is 3.86. The topological polar surface area (TPSA) is 3.24 Å². The first kappa shape index (κ1) is 10.2. The molecule has 11 heavy (non-hydrogen) atoms. The predicted octanol–water partition coefficient (Wildman–Crippen LogP) is 2.24. The lowest BCUT2D eigenvalue weighted by molar-refractivity contribution is 0.417. The van der Waals surface area contributed by atoms with Crippen LogP contribution in [0.15, 0.2) is 37.0 Å². The average molecular weight is 151 g/mol. The molecule has 0 heterocycles. The van der Waals surface area contributed by atoms with Gasteiger partial charge >= 0.3 is 0 Å². The molecule has 0 N–H and O–H groups in total. The molecule has 0 unspecified atom stereocenters. The van der Waals surface area contributed by atoms with Gasteiger partial charge in [-0.1, -0.05) is 37.0 Å². The second kappa shape index (κ2) is 7.29. The summed E-state index contributed by atoms with van der Waals surface area (Å²) in [6.07, 6.45) is 11.0. The number of nitrogens with zero attached hydrogens (tertiary/aromatic N) is 1. The van der Waals surface area contributed by atoms with Crippen molar-refractivity contribution in [3.8, 4) is 0 Å². The van der Waals surface area contributed by atoms with E-state index in [1.54, 1.807) is 6.08 Å². The van der Waals surface area contributed by atoms with Crippen LogP contribution in [0.1, 0.15) is 6.42 Å². The summed E-state index contributed by atoms with van der Waals surface area (Å²) in [6.45, 7) is 4.69. The minimum absolute atomic E-state index is 1.11. The maximum absolute atomic E-state index is 3.58. The number of hydrogen-bond acceptors (Lipinski definition) is 1. The lowest BCUT2D eigenvalue weighted by Crippen LogP contribution is -2.11. The van der Waals surface area contributed by atoms with Crippen LogP contribution in [0.5, 0.6) is 0 Å². The molecule has 0 amide bonds. The monoisotopic (exact) mass is 151 g/mol.